The van der Waals surface area contributed by atoms with Crippen LogP contribution < -0.4 is 0 Å². The molecule has 0 aliphatic carbocycles. The van der Waals surface area contributed by atoms with Crippen molar-refractivity contribution in [3.63, 3.8) is 0 Å². The zero-order chi connectivity index (χ0) is 12.3. The molecule has 1 unspecified atom stereocenters. The van der Waals surface area contributed by atoms with E-state index in [4.69, 9.17) is 0 Å². The van der Waals surface area contributed by atoms with Crippen molar-refractivity contribution in [2.24, 2.45) is 0 Å². The third-order valence-corrected chi connectivity index (χ3v) is 2.97. The molecule has 0 radical (unpaired) electrons. The van der Waals surface area contributed by atoms with Crippen LogP contribution in [0.1, 0.15) is 42.5 Å². The van der Waals surface area contributed by atoms with Gasteiger partial charge in [-0.2, -0.15) is 0 Å². The Morgan fingerprint density at radius 3 is 2.31 bits per heavy atom. The Kier molecular flexibility index (Phi) is 4.25. The maximum Gasteiger partial charge on any atom is 0.141 e. The monoisotopic (exact) mass is 219 g/mol. The minimum atomic E-state index is -0.140. The lowest BCUT2D eigenvalue weighted by Gasteiger charge is -2.22. The Hall–Kier alpha value is -1.15. The molecule has 16 heavy (non-hydrogen) atoms. The Labute approximate surface area is 98.3 Å². The smallest absolute Gasteiger partial charge is 0.141 e. The van der Waals surface area contributed by atoms with E-state index in [1.54, 1.807) is 0 Å². The summed E-state index contributed by atoms with van der Waals surface area (Å²) in [5.74, 6) is 0.494. The first-order chi connectivity index (χ1) is 7.47. The average Bonchev–Trinajstić information content (AvgIpc) is 2.20. The van der Waals surface area contributed by atoms with Gasteiger partial charge in [0, 0.05) is 0 Å². The lowest BCUT2D eigenvalue weighted by Crippen LogP contribution is -2.22. The van der Waals surface area contributed by atoms with Crippen LogP contribution in [-0.4, -0.2) is 25.3 Å². The van der Waals surface area contributed by atoms with Crippen LogP contribution in [0.5, 0.6) is 0 Å². The van der Waals surface area contributed by atoms with Crippen LogP contribution in [-0.2, 0) is 4.79 Å². The lowest BCUT2D eigenvalue weighted by molar-refractivity contribution is -0.111. The minimum absolute atomic E-state index is 0.140. The van der Waals surface area contributed by atoms with Gasteiger partial charge in [0.15, 0.2) is 0 Å². The van der Waals surface area contributed by atoms with Crippen LogP contribution in [0.3, 0.4) is 0 Å². The van der Waals surface area contributed by atoms with Crippen molar-refractivity contribution in [2.45, 2.75) is 32.7 Å². The van der Waals surface area contributed by atoms with Crippen molar-refractivity contribution in [3.8, 4) is 0 Å². The van der Waals surface area contributed by atoms with Gasteiger partial charge in [-0.05, 0) is 43.6 Å². The van der Waals surface area contributed by atoms with Gasteiger partial charge >= 0.3 is 0 Å². The highest BCUT2D eigenvalue weighted by molar-refractivity contribution is 5.62. The first-order valence-corrected chi connectivity index (χ1v) is 5.69. The second-order valence-corrected chi connectivity index (χ2v) is 4.82. The minimum Gasteiger partial charge on any atom is -0.301 e. The third kappa shape index (κ3) is 2.70. The van der Waals surface area contributed by atoms with Gasteiger partial charge in [-0.3, -0.25) is 4.90 Å². The molecule has 0 N–H and O–H groups in total. The van der Waals surface area contributed by atoms with E-state index in [-0.39, 0.29) is 6.04 Å². The van der Waals surface area contributed by atoms with Crippen molar-refractivity contribution in [3.05, 3.63) is 34.9 Å². The number of nitrogens with zero attached hydrogens (tertiary/aromatic N) is 1. The predicted octanol–water partition coefficient (Wildman–Crippen LogP) is 2.92. The first kappa shape index (κ1) is 12.9. The molecular weight excluding hydrogens is 198 g/mol. The molecule has 1 aromatic rings. The second kappa shape index (κ2) is 5.26. The van der Waals surface area contributed by atoms with Gasteiger partial charge in [-0.25, -0.2) is 0 Å². The van der Waals surface area contributed by atoms with E-state index in [0.717, 1.165) is 11.8 Å². The maximum absolute atomic E-state index is 11.1. The Morgan fingerprint density at radius 2 is 1.88 bits per heavy atom. The van der Waals surface area contributed by atoms with Gasteiger partial charge in [-0.1, -0.05) is 32.0 Å². The maximum atomic E-state index is 11.1. The summed E-state index contributed by atoms with van der Waals surface area (Å²) in [7, 11) is 3.86. The Morgan fingerprint density at radius 1 is 1.25 bits per heavy atom. The van der Waals surface area contributed by atoms with E-state index in [1.807, 2.05) is 19.0 Å². The quantitative estimate of drug-likeness (QED) is 0.726. The summed E-state index contributed by atoms with van der Waals surface area (Å²) in [4.78, 5) is 13.1. The molecule has 1 rings (SSSR count). The van der Waals surface area contributed by atoms with Gasteiger partial charge in [0.1, 0.15) is 6.29 Å². The number of likely N-dealkylation sites (N-methyl/N-ethyl adjacent to an activating group) is 1. The fourth-order valence-electron chi connectivity index (χ4n) is 1.81. The number of aldehydes is 1. The van der Waals surface area contributed by atoms with Crippen molar-refractivity contribution < 1.29 is 4.79 Å². The van der Waals surface area contributed by atoms with Crippen LogP contribution in [0, 0.1) is 6.92 Å². The highest BCUT2D eigenvalue weighted by Crippen LogP contribution is 2.24. The highest BCUT2D eigenvalue weighted by Gasteiger charge is 2.16. The van der Waals surface area contributed by atoms with Gasteiger partial charge in [-0.15, -0.1) is 0 Å². The molecule has 0 aromatic heterocycles. The number of hydrogen-bond acceptors (Lipinski definition) is 2. The van der Waals surface area contributed by atoms with Gasteiger partial charge in [0.2, 0.25) is 0 Å². The summed E-state index contributed by atoms with van der Waals surface area (Å²) in [5.41, 5.74) is 3.58. The molecule has 0 aliphatic rings. The first-order valence-electron chi connectivity index (χ1n) is 5.69. The van der Waals surface area contributed by atoms with Crippen molar-refractivity contribution in [1.29, 1.82) is 0 Å². The third-order valence-electron chi connectivity index (χ3n) is 2.97. The van der Waals surface area contributed by atoms with E-state index in [2.05, 4.69) is 39.0 Å². The van der Waals surface area contributed by atoms with Crippen LogP contribution in [0.4, 0.5) is 0 Å². The summed E-state index contributed by atoms with van der Waals surface area (Å²) in [6, 6.07) is 6.25. The van der Waals surface area contributed by atoms with Gasteiger partial charge < -0.3 is 4.79 Å². The molecule has 1 aromatic carbocycles. The van der Waals surface area contributed by atoms with E-state index in [1.165, 1.54) is 11.1 Å². The molecule has 1 atom stereocenters. The molecule has 0 amide bonds. The van der Waals surface area contributed by atoms with Crippen LogP contribution in [0.25, 0.3) is 0 Å². The Bertz CT molecular complexity index is 369. The van der Waals surface area contributed by atoms with E-state index in [0.29, 0.717) is 5.92 Å². The van der Waals surface area contributed by atoms with Crippen LogP contribution >= 0.6 is 0 Å². The number of hydrogen-bond donors (Lipinski definition) is 0. The van der Waals surface area contributed by atoms with Crippen molar-refractivity contribution >= 4 is 6.29 Å². The predicted molar refractivity (Wildman–Crippen MR) is 67.8 cm³/mol. The van der Waals surface area contributed by atoms with Gasteiger partial charge in [0.25, 0.3) is 0 Å². The van der Waals surface area contributed by atoms with Gasteiger partial charge in [0.05, 0.1) is 6.04 Å². The van der Waals surface area contributed by atoms with E-state index in [9.17, 15) is 4.79 Å². The summed E-state index contributed by atoms with van der Waals surface area (Å²) in [6.45, 7) is 6.39. The zero-order valence-corrected chi connectivity index (χ0v) is 10.8. The molecule has 2 nitrogen and oxygen atoms in total. The molecule has 0 saturated carbocycles. The number of rotatable bonds is 4. The average molecular weight is 219 g/mol. The SMILES string of the molecule is Cc1ccc(C(C)C)cc1C(C=O)N(C)C. The fourth-order valence-corrected chi connectivity index (χ4v) is 1.81. The number of benzene rings is 1. The summed E-state index contributed by atoms with van der Waals surface area (Å²) < 4.78 is 0. The topological polar surface area (TPSA) is 20.3 Å². The molecule has 0 heterocycles. The summed E-state index contributed by atoms with van der Waals surface area (Å²) in [5, 5.41) is 0. The van der Waals surface area contributed by atoms with E-state index >= 15 is 0 Å². The number of aryl methyl sites for hydroxylation is 1. The number of carbonyl (C=O) groups excluding carboxylic acids is 1. The Balaban J connectivity index is 3.19. The normalized spacial score (nSPS) is 13.2. The molecular formula is C14H21NO. The standard InChI is InChI=1S/C14H21NO/c1-10(2)12-7-6-11(3)13(8-12)14(9-16)15(4)5/h6-10,14H,1-5H3. The zero-order valence-electron chi connectivity index (χ0n) is 10.8. The molecule has 0 bridgehead atoms. The summed E-state index contributed by atoms with van der Waals surface area (Å²) >= 11 is 0. The second-order valence-electron chi connectivity index (χ2n) is 4.82. The van der Waals surface area contributed by atoms with Crippen LogP contribution in [0.15, 0.2) is 18.2 Å². The van der Waals surface area contributed by atoms with E-state index < -0.39 is 0 Å². The lowest BCUT2D eigenvalue weighted by atomic mass is 9.94. The highest BCUT2D eigenvalue weighted by atomic mass is 16.1. The number of carbonyl (C=O) groups is 1. The fraction of sp³-hybridized carbons (Fsp3) is 0.500. The van der Waals surface area contributed by atoms with Crippen LogP contribution in [0.2, 0.25) is 0 Å². The van der Waals surface area contributed by atoms with Crippen molar-refractivity contribution in [1.82, 2.24) is 4.90 Å². The molecule has 0 saturated heterocycles. The molecule has 0 spiro atoms. The molecule has 88 valence electrons. The molecule has 0 aliphatic heterocycles. The summed E-state index contributed by atoms with van der Waals surface area (Å²) in [6.07, 6.45) is 1.01. The largest absolute Gasteiger partial charge is 0.301 e. The molecule has 2 heteroatoms. The van der Waals surface area contributed by atoms with Crippen molar-refractivity contribution in [2.75, 3.05) is 14.1 Å². The molecule has 0 fully saturated rings.